The van der Waals surface area contributed by atoms with Crippen LogP contribution in [-0.4, -0.2) is 36.8 Å². The Morgan fingerprint density at radius 3 is 2.37 bits per heavy atom. The SMILES string of the molecule is CCCCn1c(C(C)NC(=O)c2cc(OC)c(OC)c(OC)c2)nc2ccccc21. The fourth-order valence-electron chi connectivity index (χ4n) is 3.53. The van der Waals surface area contributed by atoms with Crippen LogP contribution in [0.2, 0.25) is 0 Å². The number of rotatable bonds is 9. The first-order valence-electron chi connectivity index (χ1n) is 10.1. The van der Waals surface area contributed by atoms with E-state index in [-0.39, 0.29) is 11.9 Å². The molecule has 1 amide bonds. The summed E-state index contributed by atoms with van der Waals surface area (Å²) in [6.45, 7) is 4.96. The molecule has 160 valence electrons. The summed E-state index contributed by atoms with van der Waals surface area (Å²) in [7, 11) is 4.58. The van der Waals surface area contributed by atoms with Crippen LogP contribution in [0.4, 0.5) is 0 Å². The maximum Gasteiger partial charge on any atom is 0.252 e. The van der Waals surface area contributed by atoms with Crippen molar-refractivity contribution in [1.82, 2.24) is 14.9 Å². The normalized spacial score (nSPS) is 11.9. The number of hydrogen-bond acceptors (Lipinski definition) is 5. The van der Waals surface area contributed by atoms with E-state index in [2.05, 4.69) is 22.9 Å². The molecular formula is C23H29N3O4. The number of fused-ring (bicyclic) bond motifs is 1. The zero-order valence-electron chi connectivity index (χ0n) is 18.2. The molecule has 0 radical (unpaired) electrons. The lowest BCUT2D eigenvalue weighted by Gasteiger charge is -2.18. The van der Waals surface area contributed by atoms with E-state index in [1.54, 1.807) is 12.1 Å². The number of para-hydroxylation sites is 2. The van der Waals surface area contributed by atoms with Crippen LogP contribution in [0.5, 0.6) is 17.2 Å². The van der Waals surface area contributed by atoms with Gasteiger partial charge in [0.2, 0.25) is 5.75 Å². The molecule has 0 bridgehead atoms. The van der Waals surface area contributed by atoms with E-state index < -0.39 is 0 Å². The summed E-state index contributed by atoms with van der Waals surface area (Å²) in [6.07, 6.45) is 2.12. The van der Waals surface area contributed by atoms with Crippen molar-refractivity contribution in [2.24, 2.45) is 0 Å². The van der Waals surface area contributed by atoms with E-state index in [0.717, 1.165) is 36.2 Å². The predicted molar refractivity (Wildman–Crippen MR) is 117 cm³/mol. The molecule has 1 heterocycles. The van der Waals surface area contributed by atoms with E-state index in [4.69, 9.17) is 19.2 Å². The van der Waals surface area contributed by atoms with Gasteiger partial charge in [0.1, 0.15) is 5.82 Å². The summed E-state index contributed by atoms with van der Waals surface area (Å²) < 4.78 is 18.3. The highest BCUT2D eigenvalue weighted by Gasteiger charge is 2.21. The minimum atomic E-state index is -0.277. The van der Waals surface area contributed by atoms with E-state index in [0.29, 0.717) is 22.8 Å². The molecule has 2 aromatic carbocycles. The molecule has 3 rings (SSSR count). The van der Waals surface area contributed by atoms with Crippen LogP contribution in [0.25, 0.3) is 11.0 Å². The molecule has 0 aliphatic rings. The van der Waals surface area contributed by atoms with Gasteiger partial charge < -0.3 is 24.1 Å². The number of ether oxygens (including phenoxy) is 3. The zero-order valence-corrected chi connectivity index (χ0v) is 18.2. The Morgan fingerprint density at radius 2 is 1.77 bits per heavy atom. The number of unbranched alkanes of at least 4 members (excludes halogenated alkanes) is 1. The molecule has 3 aromatic rings. The Balaban J connectivity index is 1.91. The van der Waals surface area contributed by atoms with Gasteiger partial charge in [0, 0.05) is 12.1 Å². The van der Waals surface area contributed by atoms with E-state index in [1.165, 1.54) is 21.3 Å². The van der Waals surface area contributed by atoms with Crippen molar-refractivity contribution in [3.8, 4) is 17.2 Å². The van der Waals surface area contributed by atoms with Crippen LogP contribution >= 0.6 is 0 Å². The van der Waals surface area contributed by atoms with Crippen LogP contribution in [-0.2, 0) is 6.54 Å². The molecule has 1 N–H and O–H groups in total. The second kappa shape index (κ2) is 9.52. The summed E-state index contributed by atoms with van der Waals surface area (Å²) in [5, 5.41) is 3.06. The van der Waals surface area contributed by atoms with Crippen molar-refractivity contribution >= 4 is 16.9 Å². The van der Waals surface area contributed by atoms with Crippen molar-refractivity contribution in [3.05, 3.63) is 47.8 Å². The van der Waals surface area contributed by atoms with Gasteiger partial charge in [-0.2, -0.15) is 0 Å². The molecule has 0 saturated carbocycles. The van der Waals surface area contributed by atoms with E-state index in [1.807, 2.05) is 25.1 Å². The smallest absolute Gasteiger partial charge is 0.252 e. The zero-order chi connectivity index (χ0) is 21.7. The standard InChI is InChI=1S/C23H29N3O4/c1-6-7-12-26-18-11-9-8-10-17(18)25-22(26)15(2)24-23(27)16-13-19(28-3)21(30-5)20(14-16)29-4/h8-11,13-15H,6-7,12H2,1-5H3,(H,24,27). The summed E-state index contributed by atoms with van der Waals surface area (Å²) in [4.78, 5) is 17.8. The molecule has 0 aliphatic carbocycles. The van der Waals surface area contributed by atoms with Crippen LogP contribution in [0.1, 0.15) is 48.9 Å². The van der Waals surface area contributed by atoms with E-state index >= 15 is 0 Å². The maximum atomic E-state index is 13.0. The van der Waals surface area contributed by atoms with Crippen molar-refractivity contribution in [3.63, 3.8) is 0 Å². The van der Waals surface area contributed by atoms with Gasteiger partial charge in [0.05, 0.1) is 38.4 Å². The van der Waals surface area contributed by atoms with Crippen LogP contribution in [0.3, 0.4) is 0 Å². The third-order valence-electron chi connectivity index (χ3n) is 5.08. The monoisotopic (exact) mass is 411 g/mol. The summed E-state index contributed by atoms with van der Waals surface area (Å²) in [6, 6.07) is 11.1. The lowest BCUT2D eigenvalue weighted by Crippen LogP contribution is -2.29. The number of amides is 1. The highest BCUT2D eigenvalue weighted by atomic mass is 16.5. The molecule has 1 atom stereocenters. The Kier molecular flexibility index (Phi) is 6.82. The highest BCUT2D eigenvalue weighted by Crippen LogP contribution is 2.38. The Hall–Kier alpha value is -3.22. The molecule has 7 heteroatoms. The number of benzene rings is 2. The van der Waals surface area contributed by atoms with Crippen molar-refractivity contribution in [2.45, 2.75) is 39.3 Å². The van der Waals surface area contributed by atoms with Crippen LogP contribution in [0.15, 0.2) is 36.4 Å². The van der Waals surface area contributed by atoms with Gasteiger partial charge in [-0.05, 0) is 37.6 Å². The number of imidazole rings is 1. The Morgan fingerprint density at radius 1 is 1.10 bits per heavy atom. The van der Waals surface area contributed by atoms with Gasteiger partial charge in [-0.1, -0.05) is 25.5 Å². The largest absolute Gasteiger partial charge is 0.493 e. The predicted octanol–water partition coefficient (Wildman–Crippen LogP) is 4.35. The number of methoxy groups -OCH3 is 3. The number of carbonyl (C=O) groups excluding carboxylic acids is 1. The summed E-state index contributed by atoms with van der Waals surface area (Å²) in [5.74, 6) is 1.92. The van der Waals surface area contributed by atoms with Crippen LogP contribution in [0, 0.1) is 0 Å². The lowest BCUT2D eigenvalue weighted by molar-refractivity contribution is 0.0937. The number of carbonyl (C=O) groups is 1. The number of hydrogen-bond donors (Lipinski definition) is 1. The minimum absolute atomic E-state index is 0.240. The molecule has 0 saturated heterocycles. The van der Waals surface area contributed by atoms with Crippen molar-refractivity contribution in [2.75, 3.05) is 21.3 Å². The molecule has 30 heavy (non-hydrogen) atoms. The average molecular weight is 412 g/mol. The number of nitrogens with zero attached hydrogens (tertiary/aromatic N) is 2. The highest BCUT2D eigenvalue weighted by molar-refractivity contribution is 5.96. The molecule has 0 spiro atoms. The number of aromatic nitrogens is 2. The second-order valence-electron chi connectivity index (χ2n) is 7.07. The molecule has 1 unspecified atom stereocenters. The van der Waals surface area contributed by atoms with Crippen LogP contribution < -0.4 is 19.5 Å². The lowest BCUT2D eigenvalue weighted by atomic mass is 10.1. The minimum Gasteiger partial charge on any atom is -0.493 e. The van der Waals surface area contributed by atoms with Gasteiger partial charge in [0.15, 0.2) is 11.5 Å². The molecule has 0 aliphatic heterocycles. The average Bonchev–Trinajstić information content (AvgIpc) is 3.15. The Labute approximate surface area is 177 Å². The number of aryl methyl sites for hydroxylation is 1. The van der Waals surface area contributed by atoms with Gasteiger partial charge in [0.25, 0.3) is 5.91 Å². The quantitative estimate of drug-likeness (QED) is 0.566. The fraction of sp³-hybridized carbons (Fsp3) is 0.391. The third kappa shape index (κ3) is 4.20. The second-order valence-corrected chi connectivity index (χ2v) is 7.07. The van der Waals surface area contributed by atoms with Gasteiger partial charge >= 0.3 is 0 Å². The molecule has 7 nitrogen and oxygen atoms in total. The molecule has 1 aromatic heterocycles. The topological polar surface area (TPSA) is 74.6 Å². The van der Waals surface area contributed by atoms with E-state index in [9.17, 15) is 4.79 Å². The fourth-order valence-corrected chi connectivity index (χ4v) is 3.53. The Bertz CT molecular complexity index is 1000. The van der Waals surface area contributed by atoms with Crippen molar-refractivity contribution < 1.29 is 19.0 Å². The molecular weight excluding hydrogens is 382 g/mol. The first-order valence-corrected chi connectivity index (χ1v) is 10.1. The summed E-state index contributed by atoms with van der Waals surface area (Å²) in [5.41, 5.74) is 2.43. The maximum absolute atomic E-state index is 13.0. The van der Waals surface area contributed by atoms with Gasteiger partial charge in [-0.25, -0.2) is 4.98 Å². The number of nitrogens with one attached hydrogen (secondary N) is 1. The summed E-state index contributed by atoms with van der Waals surface area (Å²) >= 11 is 0. The van der Waals surface area contributed by atoms with Gasteiger partial charge in [-0.15, -0.1) is 0 Å². The van der Waals surface area contributed by atoms with Crippen molar-refractivity contribution in [1.29, 1.82) is 0 Å². The third-order valence-corrected chi connectivity index (χ3v) is 5.08. The first kappa shape index (κ1) is 21.5. The van der Waals surface area contributed by atoms with Gasteiger partial charge in [-0.3, -0.25) is 4.79 Å². The first-order chi connectivity index (χ1) is 14.5. The molecule has 0 fully saturated rings.